The van der Waals surface area contributed by atoms with Gasteiger partial charge in [0.2, 0.25) is 0 Å². The Morgan fingerprint density at radius 2 is 1.97 bits per heavy atom. The fourth-order valence-electron chi connectivity index (χ4n) is 4.63. The molecule has 1 N–H and O–H groups in total. The second-order valence-corrected chi connectivity index (χ2v) is 8.88. The van der Waals surface area contributed by atoms with Crippen LogP contribution in [0.2, 0.25) is 0 Å². The maximum atomic E-state index is 13.1. The fourth-order valence-corrected chi connectivity index (χ4v) is 5.37. The van der Waals surface area contributed by atoms with Gasteiger partial charge in [0.05, 0.1) is 11.8 Å². The molecule has 2 fully saturated rings. The van der Waals surface area contributed by atoms with Gasteiger partial charge < -0.3 is 9.84 Å². The minimum absolute atomic E-state index is 0.0500. The number of aromatic nitrogens is 2. The number of hydrogen-bond donors (Lipinski definition) is 1. The quantitative estimate of drug-likeness (QED) is 0.709. The Kier molecular flexibility index (Phi) is 4.85. The Bertz CT molecular complexity index is 1070. The number of aliphatic hydroxyl groups excluding tert-OH is 1. The number of thiazole rings is 1. The molecule has 6 nitrogen and oxygen atoms in total. The molecule has 1 saturated heterocycles. The maximum Gasteiger partial charge on any atom is 0.258 e. The molecule has 152 valence electrons. The predicted octanol–water partition coefficient (Wildman–Crippen LogP) is 2.55. The highest BCUT2D eigenvalue weighted by atomic mass is 32.1. The average molecular weight is 415 g/mol. The van der Waals surface area contributed by atoms with Crippen molar-refractivity contribution in [2.75, 3.05) is 13.1 Å². The summed E-state index contributed by atoms with van der Waals surface area (Å²) in [5.74, 6) is 1.11. The summed E-state index contributed by atoms with van der Waals surface area (Å²) in [4.78, 5) is 19.8. The van der Waals surface area contributed by atoms with Crippen LogP contribution in [0.15, 0.2) is 46.7 Å². The highest BCUT2D eigenvalue weighted by Crippen LogP contribution is 2.38. The van der Waals surface area contributed by atoms with Crippen molar-refractivity contribution in [1.29, 1.82) is 0 Å². The third kappa shape index (κ3) is 3.80. The largest absolute Gasteiger partial charge is 0.488 e. The van der Waals surface area contributed by atoms with E-state index in [1.165, 1.54) is 23.5 Å². The van der Waals surface area contributed by atoms with Gasteiger partial charge in [-0.05, 0) is 48.9 Å². The van der Waals surface area contributed by atoms with Crippen molar-refractivity contribution in [3.05, 3.63) is 63.8 Å². The lowest BCUT2D eigenvalue weighted by Crippen LogP contribution is -2.42. The molecular weight excluding hydrogens is 393 g/mol. The van der Waals surface area contributed by atoms with Gasteiger partial charge >= 0.3 is 0 Å². The summed E-state index contributed by atoms with van der Waals surface area (Å²) in [7, 11) is 0. The van der Waals surface area contributed by atoms with Gasteiger partial charge in [-0.25, -0.2) is 9.37 Å². The average Bonchev–Trinajstić information content (AvgIpc) is 3.30. The van der Waals surface area contributed by atoms with E-state index in [1.54, 1.807) is 28.8 Å². The molecule has 3 heterocycles. The summed E-state index contributed by atoms with van der Waals surface area (Å²) >= 11 is 1.46. The fraction of sp³-hybridized carbons (Fsp3) is 0.429. The smallest absolute Gasteiger partial charge is 0.258 e. The molecule has 3 aromatic rings. The van der Waals surface area contributed by atoms with Crippen LogP contribution >= 0.6 is 11.3 Å². The van der Waals surface area contributed by atoms with E-state index in [0.29, 0.717) is 35.5 Å². The lowest BCUT2D eigenvalue weighted by molar-refractivity contribution is -0.0231. The molecule has 1 aliphatic heterocycles. The van der Waals surface area contributed by atoms with E-state index < -0.39 is 6.10 Å². The monoisotopic (exact) mass is 415 g/mol. The summed E-state index contributed by atoms with van der Waals surface area (Å²) in [6.45, 7) is 2.42. The molecule has 1 aromatic carbocycles. The van der Waals surface area contributed by atoms with Crippen molar-refractivity contribution in [1.82, 2.24) is 14.3 Å². The van der Waals surface area contributed by atoms with Crippen molar-refractivity contribution >= 4 is 16.3 Å². The van der Waals surface area contributed by atoms with Crippen LogP contribution in [-0.2, 0) is 6.54 Å². The minimum Gasteiger partial charge on any atom is -0.488 e. The number of aliphatic hydroxyl groups is 1. The molecule has 5 rings (SSSR count). The van der Waals surface area contributed by atoms with Crippen molar-refractivity contribution in [3.63, 3.8) is 0 Å². The lowest BCUT2D eigenvalue weighted by Gasteiger charge is -2.35. The summed E-state index contributed by atoms with van der Waals surface area (Å²) in [5, 5.41) is 12.4. The first-order valence-electron chi connectivity index (χ1n) is 9.83. The number of ether oxygens (including phenoxy) is 1. The van der Waals surface area contributed by atoms with E-state index >= 15 is 0 Å². The molecule has 4 atom stereocenters. The van der Waals surface area contributed by atoms with E-state index in [-0.39, 0.29) is 17.5 Å². The van der Waals surface area contributed by atoms with Crippen LogP contribution in [0.4, 0.5) is 4.39 Å². The second-order valence-electron chi connectivity index (χ2n) is 8.00. The van der Waals surface area contributed by atoms with E-state index in [0.717, 1.165) is 25.2 Å². The van der Waals surface area contributed by atoms with Crippen molar-refractivity contribution < 1.29 is 14.2 Å². The van der Waals surface area contributed by atoms with E-state index in [1.807, 2.05) is 5.38 Å². The topological polar surface area (TPSA) is 67.1 Å². The van der Waals surface area contributed by atoms with Gasteiger partial charge in [-0.1, -0.05) is 0 Å². The highest BCUT2D eigenvalue weighted by molar-refractivity contribution is 7.15. The number of rotatable bonds is 4. The predicted molar refractivity (Wildman–Crippen MR) is 108 cm³/mol. The van der Waals surface area contributed by atoms with Crippen molar-refractivity contribution in [3.8, 4) is 5.75 Å². The molecule has 0 unspecified atom stereocenters. The normalized spacial score (nSPS) is 27.2. The van der Waals surface area contributed by atoms with Gasteiger partial charge in [0.1, 0.15) is 17.7 Å². The van der Waals surface area contributed by atoms with Gasteiger partial charge in [-0.2, -0.15) is 0 Å². The van der Waals surface area contributed by atoms with Crippen molar-refractivity contribution in [2.45, 2.75) is 31.6 Å². The van der Waals surface area contributed by atoms with Gasteiger partial charge in [0, 0.05) is 37.3 Å². The standard InChI is InChI=1S/C21H22FN3O3S/c22-15-1-3-17(4-2-15)28-19-8-14-11-24(10-13(14)7-18(19)26)12-16-9-20(27)25-5-6-29-21(25)23-16/h1-6,9,13-14,18-19,26H,7-8,10-12H2/t13-,14+,18+,19+/m0/s1. The Morgan fingerprint density at radius 1 is 1.21 bits per heavy atom. The first kappa shape index (κ1) is 18.7. The third-order valence-electron chi connectivity index (χ3n) is 6.00. The number of likely N-dealkylation sites (tertiary alicyclic amines) is 1. The SMILES string of the molecule is O=c1cc(CN2C[C@H]3C[C@@H](Oc4ccc(F)cc4)[C@H](O)C[C@H]3C2)nc2sccn12. The Hall–Kier alpha value is -2.29. The molecule has 1 aliphatic carbocycles. The summed E-state index contributed by atoms with van der Waals surface area (Å²) < 4.78 is 20.6. The van der Waals surface area contributed by atoms with Gasteiger partial charge in [0.25, 0.3) is 5.56 Å². The number of fused-ring (bicyclic) bond motifs is 2. The number of nitrogens with zero attached hydrogens (tertiary/aromatic N) is 3. The molecular formula is C21H22FN3O3S. The zero-order valence-electron chi connectivity index (χ0n) is 15.8. The zero-order chi connectivity index (χ0) is 20.0. The number of benzene rings is 1. The van der Waals surface area contributed by atoms with Crippen LogP contribution in [0.1, 0.15) is 18.5 Å². The molecule has 0 spiro atoms. The van der Waals surface area contributed by atoms with Crippen LogP contribution in [0.3, 0.4) is 0 Å². The number of hydrogen-bond acceptors (Lipinski definition) is 6. The Morgan fingerprint density at radius 3 is 2.76 bits per heavy atom. The van der Waals surface area contributed by atoms with E-state index in [9.17, 15) is 14.3 Å². The molecule has 29 heavy (non-hydrogen) atoms. The van der Waals surface area contributed by atoms with Crippen LogP contribution in [-0.4, -0.2) is 44.7 Å². The zero-order valence-corrected chi connectivity index (χ0v) is 16.6. The summed E-state index contributed by atoms with van der Waals surface area (Å²) in [5.41, 5.74) is 0.738. The lowest BCUT2D eigenvalue weighted by atomic mass is 9.78. The molecule has 0 radical (unpaired) electrons. The molecule has 0 amide bonds. The van der Waals surface area contributed by atoms with Crippen LogP contribution in [0.5, 0.6) is 5.75 Å². The Labute approximate surface area is 171 Å². The van der Waals surface area contributed by atoms with Crippen LogP contribution in [0.25, 0.3) is 4.96 Å². The molecule has 0 bridgehead atoms. The molecule has 1 saturated carbocycles. The highest BCUT2D eigenvalue weighted by Gasteiger charge is 2.42. The first-order chi connectivity index (χ1) is 14.0. The minimum atomic E-state index is -0.536. The summed E-state index contributed by atoms with van der Waals surface area (Å²) in [6.07, 6.45) is 2.37. The number of halogens is 1. The van der Waals surface area contributed by atoms with Crippen molar-refractivity contribution in [2.24, 2.45) is 11.8 Å². The second kappa shape index (κ2) is 7.51. The van der Waals surface area contributed by atoms with Gasteiger partial charge in [-0.3, -0.25) is 14.1 Å². The maximum absolute atomic E-state index is 13.1. The van der Waals surface area contributed by atoms with Gasteiger partial charge in [-0.15, -0.1) is 11.3 Å². The molecule has 8 heteroatoms. The summed E-state index contributed by atoms with van der Waals surface area (Å²) in [6, 6.07) is 7.53. The van der Waals surface area contributed by atoms with Crippen LogP contribution < -0.4 is 10.3 Å². The van der Waals surface area contributed by atoms with E-state index in [4.69, 9.17) is 4.74 Å². The molecule has 2 aromatic heterocycles. The van der Waals surface area contributed by atoms with Crippen LogP contribution in [0, 0.1) is 17.7 Å². The first-order valence-corrected chi connectivity index (χ1v) is 10.7. The third-order valence-corrected chi connectivity index (χ3v) is 6.76. The van der Waals surface area contributed by atoms with E-state index in [2.05, 4.69) is 9.88 Å². The Balaban J connectivity index is 1.25. The van der Waals surface area contributed by atoms with Gasteiger partial charge in [0.15, 0.2) is 4.96 Å². The molecule has 2 aliphatic rings.